The van der Waals surface area contributed by atoms with E-state index < -0.39 is 11.2 Å². The highest BCUT2D eigenvalue weighted by Crippen LogP contribution is 2.36. The van der Waals surface area contributed by atoms with Crippen molar-refractivity contribution in [2.45, 2.75) is 6.54 Å². The lowest BCUT2D eigenvalue weighted by molar-refractivity contribution is 0.122. The number of benzene rings is 1. The molecule has 2 fully saturated rings. The highest BCUT2D eigenvalue weighted by molar-refractivity contribution is 7.91. The van der Waals surface area contributed by atoms with E-state index in [0.717, 1.165) is 83.0 Å². The van der Waals surface area contributed by atoms with Crippen LogP contribution in [0.5, 0.6) is 0 Å². The Kier molecular flexibility index (Phi) is 5.54. The quantitative estimate of drug-likeness (QED) is 0.373. The van der Waals surface area contributed by atoms with Gasteiger partial charge in [0.15, 0.2) is 17.2 Å². The van der Waals surface area contributed by atoms with Gasteiger partial charge in [-0.05, 0) is 23.8 Å². The van der Waals surface area contributed by atoms with Crippen LogP contribution in [-0.4, -0.2) is 80.3 Å². The van der Waals surface area contributed by atoms with Gasteiger partial charge in [-0.1, -0.05) is 23.3 Å². The average molecular weight is 503 g/mol. The molecule has 1 N–H and O–H groups in total. The van der Waals surface area contributed by atoms with Gasteiger partial charge in [0.1, 0.15) is 17.0 Å². The van der Waals surface area contributed by atoms with E-state index in [9.17, 15) is 4.55 Å². The number of aromatic amines is 1. The maximum atomic E-state index is 11.8. The lowest BCUT2D eigenvalue weighted by atomic mass is 10.1. The summed E-state index contributed by atoms with van der Waals surface area (Å²) < 4.78 is 23.6. The molecule has 0 saturated carbocycles. The van der Waals surface area contributed by atoms with Crippen molar-refractivity contribution >= 4 is 50.1 Å². The van der Waals surface area contributed by atoms with E-state index >= 15 is 0 Å². The third-order valence-corrected chi connectivity index (χ3v) is 8.31. The molecule has 2 saturated heterocycles. The van der Waals surface area contributed by atoms with E-state index in [1.807, 2.05) is 18.5 Å². The predicted octanol–water partition coefficient (Wildman–Crippen LogP) is 3.32. The highest BCUT2D eigenvalue weighted by atomic mass is 32.2. The van der Waals surface area contributed by atoms with Gasteiger partial charge in [0, 0.05) is 61.6 Å². The minimum atomic E-state index is -0.692. The number of hydrogen-bond donors (Lipinski definition) is 1. The lowest BCUT2D eigenvalue weighted by Gasteiger charge is -2.28. The van der Waals surface area contributed by atoms with Crippen LogP contribution in [0, 0.1) is 0 Å². The van der Waals surface area contributed by atoms with Crippen LogP contribution in [0.4, 0.5) is 5.82 Å². The summed E-state index contributed by atoms with van der Waals surface area (Å²) in [5.74, 6) is 2.91. The van der Waals surface area contributed by atoms with Crippen molar-refractivity contribution in [2.24, 2.45) is 0 Å². The summed E-state index contributed by atoms with van der Waals surface area (Å²) in [7, 11) is 0. The molecule has 5 aromatic rings. The fourth-order valence-corrected chi connectivity index (χ4v) is 6.25. The molecule has 0 spiro atoms. The lowest BCUT2D eigenvalue weighted by Crippen LogP contribution is -2.39. The predicted molar refractivity (Wildman–Crippen MR) is 141 cm³/mol. The Morgan fingerprint density at radius 3 is 2.75 bits per heavy atom. The zero-order valence-corrected chi connectivity index (χ0v) is 20.6. The molecule has 2 aliphatic heterocycles. The topological polar surface area (TPSA) is 106 Å². The third-order valence-electron chi connectivity index (χ3n) is 7.03. The summed E-state index contributed by atoms with van der Waals surface area (Å²) in [5, 5.41) is 1.97. The third kappa shape index (κ3) is 3.90. The maximum Gasteiger partial charge on any atom is 0.229 e. The van der Waals surface area contributed by atoms with Crippen LogP contribution in [0.1, 0.15) is 5.56 Å². The Bertz CT molecular complexity index is 1550. The number of morpholine rings is 1. The molecule has 184 valence electrons. The maximum absolute atomic E-state index is 11.8. The van der Waals surface area contributed by atoms with Gasteiger partial charge >= 0.3 is 0 Å². The van der Waals surface area contributed by atoms with Gasteiger partial charge in [0.2, 0.25) is 5.71 Å². The fraction of sp³-hybridized carbons (Fsp3) is 0.346. The Balaban J connectivity index is 1.38. The normalized spacial score (nSPS) is 18.1. The van der Waals surface area contributed by atoms with E-state index in [1.54, 1.807) is 0 Å². The van der Waals surface area contributed by atoms with E-state index in [0.29, 0.717) is 30.3 Å². The summed E-state index contributed by atoms with van der Waals surface area (Å²) in [6, 6.07) is 10.3. The first kappa shape index (κ1) is 22.1. The van der Waals surface area contributed by atoms with Crippen LogP contribution in [0.25, 0.3) is 44.5 Å². The SMILES string of the molecule is [O-][S+]1CCN(Cc2cnc3oc4c(N5CCOCC5)nc(-c5cccc6[nH]ccc56)nc4c3c2)CC1. The number of hydrogen-bond acceptors (Lipinski definition) is 8. The van der Waals surface area contributed by atoms with Crippen molar-refractivity contribution in [3.63, 3.8) is 0 Å². The van der Waals surface area contributed by atoms with Gasteiger partial charge < -0.3 is 23.6 Å². The highest BCUT2D eigenvalue weighted by Gasteiger charge is 2.25. The Morgan fingerprint density at radius 2 is 1.89 bits per heavy atom. The largest absolute Gasteiger partial charge is 0.616 e. The molecule has 36 heavy (non-hydrogen) atoms. The zero-order chi connectivity index (χ0) is 24.1. The molecule has 0 amide bonds. The minimum absolute atomic E-state index is 0.564. The number of fused-ring (bicyclic) bond motifs is 4. The van der Waals surface area contributed by atoms with Crippen molar-refractivity contribution < 1.29 is 13.7 Å². The number of ether oxygens (including phenoxy) is 1. The average Bonchev–Trinajstić information content (AvgIpc) is 3.54. The Hall–Kier alpha value is -3.18. The van der Waals surface area contributed by atoms with Crippen molar-refractivity contribution in [2.75, 3.05) is 55.8 Å². The van der Waals surface area contributed by atoms with Gasteiger partial charge in [-0.3, -0.25) is 4.90 Å². The number of nitrogens with one attached hydrogen (secondary N) is 1. The van der Waals surface area contributed by atoms with Crippen molar-refractivity contribution in [1.29, 1.82) is 0 Å². The van der Waals surface area contributed by atoms with Crippen molar-refractivity contribution in [1.82, 2.24) is 24.8 Å². The number of rotatable bonds is 4. The van der Waals surface area contributed by atoms with Gasteiger partial charge in [-0.15, -0.1) is 0 Å². The molecule has 1 aromatic carbocycles. The molecule has 10 heteroatoms. The van der Waals surface area contributed by atoms with Gasteiger partial charge in [-0.25, -0.2) is 15.0 Å². The molecule has 0 aliphatic carbocycles. The second-order valence-electron chi connectivity index (χ2n) is 9.32. The number of aromatic nitrogens is 4. The van der Waals surface area contributed by atoms with E-state index in [2.05, 4.69) is 44.0 Å². The van der Waals surface area contributed by atoms with E-state index in [-0.39, 0.29) is 0 Å². The molecule has 4 aromatic heterocycles. The molecule has 0 unspecified atom stereocenters. The number of pyridine rings is 1. The van der Waals surface area contributed by atoms with Crippen molar-refractivity contribution in [3.8, 4) is 11.4 Å². The molecule has 7 rings (SSSR count). The summed E-state index contributed by atoms with van der Waals surface area (Å²) in [6.45, 7) is 5.23. The smallest absolute Gasteiger partial charge is 0.229 e. The molecule has 6 heterocycles. The Labute approximate surface area is 210 Å². The zero-order valence-electron chi connectivity index (χ0n) is 19.8. The standard InChI is InChI=1S/C26H26N6O3S/c33-36-12-8-31(9-13-36)16-17-14-20-22-23(35-26(20)28-15-17)25(32-6-10-34-11-7-32)30-24(29-22)19-2-1-3-21-18(19)4-5-27-21/h1-5,14-15,27H,6-13,16H2. The fourth-order valence-electron chi connectivity index (χ4n) is 5.13. The monoisotopic (exact) mass is 502 g/mol. The minimum Gasteiger partial charge on any atom is -0.616 e. The van der Waals surface area contributed by atoms with Gasteiger partial charge in [0.05, 0.1) is 18.6 Å². The first-order valence-corrected chi connectivity index (χ1v) is 13.8. The number of nitrogens with zero attached hydrogens (tertiary/aromatic N) is 5. The van der Waals surface area contributed by atoms with Crippen LogP contribution in [-0.2, 0) is 22.5 Å². The van der Waals surface area contributed by atoms with Gasteiger partial charge in [-0.2, -0.15) is 0 Å². The summed E-state index contributed by atoms with van der Waals surface area (Å²) in [6.07, 6.45) is 3.81. The molecule has 0 atom stereocenters. The Morgan fingerprint density at radius 1 is 1.03 bits per heavy atom. The molecular formula is C26H26N6O3S. The molecule has 9 nitrogen and oxygen atoms in total. The van der Waals surface area contributed by atoms with Crippen molar-refractivity contribution in [3.05, 3.63) is 48.3 Å². The van der Waals surface area contributed by atoms with Crippen LogP contribution in [0.15, 0.2) is 47.1 Å². The second-order valence-corrected chi connectivity index (χ2v) is 11.0. The summed E-state index contributed by atoms with van der Waals surface area (Å²) in [5.41, 5.74) is 5.12. The van der Waals surface area contributed by atoms with Crippen LogP contribution >= 0.6 is 0 Å². The number of H-pyrrole nitrogens is 1. The van der Waals surface area contributed by atoms with Crippen LogP contribution in [0.2, 0.25) is 0 Å². The van der Waals surface area contributed by atoms with Gasteiger partial charge in [0.25, 0.3) is 0 Å². The first-order chi connectivity index (χ1) is 17.7. The van der Waals surface area contributed by atoms with E-state index in [4.69, 9.17) is 19.1 Å². The molecule has 0 radical (unpaired) electrons. The summed E-state index contributed by atoms with van der Waals surface area (Å²) >= 11 is -0.692. The molecular weight excluding hydrogens is 476 g/mol. The molecule has 0 bridgehead atoms. The number of furan rings is 1. The molecule has 2 aliphatic rings. The second kappa shape index (κ2) is 9.04. The van der Waals surface area contributed by atoms with Crippen LogP contribution in [0.3, 0.4) is 0 Å². The number of anilines is 1. The van der Waals surface area contributed by atoms with Crippen LogP contribution < -0.4 is 4.90 Å². The summed E-state index contributed by atoms with van der Waals surface area (Å²) in [4.78, 5) is 22.6. The first-order valence-electron chi connectivity index (χ1n) is 12.3. The van der Waals surface area contributed by atoms with E-state index in [1.165, 1.54) is 0 Å².